The van der Waals surface area contributed by atoms with Crippen molar-refractivity contribution in [1.29, 1.82) is 0 Å². The molecule has 4 nitrogen and oxygen atoms in total. The fourth-order valence-electron chi connectivity index (χ4n) is 1.24. The molecule has 0 aromatic heterocycles. The fraction of sp³-hybridized carbons (Fsp3) is 0.333. The van der Waals surface area contributed by atoms with Gasteiger partial charge in [0.1, 0.15) is 5.75 Å². The van der Waals surface area contributed by atoms with Crippen molar-refractivity contribution in [1.82, 2.24) is 0 Å². The van der Waals surface area contributed by atoms with Crippen molar-refractivity contribution < 1.29 is 4.74 Å². The van der Waals surface area contributed by atoms with Gasteiger partial charge in [-0.2, -0.15) is 5.11 Å². The molecule has 68 valence electrons. The molecule has 0 spiro atoms. The van der Waals surface area contributed by atoms with Gasteiger partial charge in [-0.05, 0) is 24.3 Å². The Hall–Kier alpha value is -1.58. The summed E-state index contributed by atoms with van der Waals surface area (Å²) in [4.78, 5) is 0. The summed E-state index contributed by atoms with van der Waals surface area (Å²) in [5.74, 6) is 0.861. The molecule has 0 amide bonds. The summed E-state index contributed by atoms with van der Waals surface area (Å²) < 4.78 is 5.06. The highest BCUT2D eigenvalue weighted by Gasteiger charge is 2.08. The number of methoxy groups -OCH3 is 1. The van der Waals surface area contributed by atoms with Crippen molar-refractivity contribution in [3.05, 3.63) is 24.3 Å². The normalized spacial score (nSPS) is 15.0. The summed E-state index contributed by atoms with van der Waals surface area (Å²) in [6.45, 7) is 1.65. The summed E-state index contributed by atoms with van der Waals surface area (Å²) in [6, 6.07) is 7.79. The predicted molar refractivity (Wildman–Crippen MR) is 50.1 cm³/mol. The molecule has 2 rings (SSSR count). The lowest BCUT2D eigenvalue weighted by atomic mass is 10.3. The molecule has 0 fully saturated rings. The Labute approximate surface area is 76.8 Å². The lowest BCUT2D eigenvalue weighted by molar-refractivity contribution is 0.415. The number of ether oxygens (including phenoxy) is 1. The Balaban J connectivity index is 2.17. The Morgan fingerprint density at radius 1 is 1.31 bits per heavy atom. The third kappa shape index (κ3) is 1.61. The first-order chi connectivity index (χ1) is 6.40. The first-order valence-corrected chi connectivity index (χ1v) is 4.19. The van der Waals surface area contributed by atoms with Crippen LogP contribution in [0.1, 0.15) is 0 Å². The van der Waals surface area contributed by atoms with Gasteiger partial charge in [0.2, 0.25) is 0 Å². The Kier molecular flexibility index (Phi) is 2.12. The van der Waals surface area contributed by atoms with Crippen LogP contribution in [-0.4, -0.2) is 20.2 Å². The van der Waals surface area contributed by atoms with Crippen LogP contribution in [0.2, 0.25) is 0 Å². The monoisotopic (exact) mass is 177 g/mol. The maximum absolute atomic E-state index is 5.06. The van der Waals surface area contributed by atoms with Crippen molar-refractivity contribution in [2.75, 3.05) is 25.2 Å². The molecule has 0 saturated carbocycles. The van der Waals surface area contributed by atoms with Gasteiger partial charge < -0.3 is 4.74 Å². The van der Waals surface area contributed by atoms with Gasteiger partial charge in [0.25, 0.3) is 0 Å². The topological polar surface area (TPSA) is 37.2 Å². The first kappa shape index (κ1) is 8.04. The van der Waals surface area contributed by atoms with Crippen LogP contribution in [0.3, 0.4) is 0 Å². The van der Waals surface area contributed by atoms with Gasteiger partial charge in [-0.3, -0.25) is 0 Å². The molecule has 1 aromatic carbocycles. The number of anilines is 1. The van der Waals surface area contributed by atoms with Crippen LogP contribution in [0, 0.1) is 0 Å². The van der Waals surface area contributed by atoms with Gasteiger partial charge in [-0.15, -0.1) is 0 Å². The van der Waals surface area contributed by atoms with E-state index in [-0.39, 0.29) is 0 Å². The Bertz CT molecular complexity index is 307. The van der Waals surface area contributed by atoms with E-state index in [0.29, 0.717) is 0 Å². The van der Waals surface area contributed by atoms with Crippen molar-refractivity contribution in [2.45, 2.75) is 0 Å². The van der Waals surface area contributed by atoms with Crippen molar-refractivity contribution in [2.24, 2.45) is 10.3 Å². The summed E-state index contributed by atoms with van der Waals surface area (Å²) in [6.07, 6.45) is 0. The molecule has 4 heteroatoms. The minimum absolute atomic E-state index is 0.784. The van der Waals surface area contributed by atoms with Crippen LogP contribution >= 0.6 is 0 Å². The molecule has 0 saturated heterocycles. The van der Waals surface area contributed by atoms with E-state index in [1.807, 2.05) is 29.3 Å². The van der Waals surface area contributed by atoms with E-state index in [1.54, 1.807) is 7.11 Å². The average molecular weight is 177 g/mol. The molecule has 1 aliphatic rings. The minimum Gasteiger partial charge on any atom is -0.497 e. The van der Waals surface area contributed by atoms with E-state index in [1.165, 1.54) is 0 Å². The first-order valence-electron chi connectivity index (χ1n) is 4.19. The van der Waals surface area contributed by atoms with E-state index in [9.17, 15) is 0 Å². The van der Waals surface area contributed by atoms with Crippen molar-refractivity contribution >= 4 is 5.69 Å². The zero-order valence-electron chi connectivity index (χ0n) is 7.47. The van der Waals surface area contributed by atoms with Crippen LogP contribution in [0.25, 0.3) is 0 Å². The summed E-state index contributed by atoms with van der Waals surface area (Å²) in [5.41, 5.74) is 1.06. The predicted octanol–water partition coefficient (Wildman–Crippen LogP) is 1.88. The quantitative estimate of drug-likeness (QED) is 0.691. The number of rotatable bonds is 2. The maximum atomic E-state index is 5.06. The lowest BCUT2D eigenvalue weighted by Crippen LogP contribution is -2.13. The van der Waals surface area contributed by atoms with Gasteiger partial charge in [0.05, 0.1) is 25.9 Å². The number of nitrogens with zero attached hydrogens (tertiary/aromatic N) is 3. The van der Waals surface area contributed by atoms with Crippen LogP contribution in [0.5, 0.6) is 5.75 Å². The highest BCUT2D eigenvalue weighted by molar-refractivity contribution is 5.48. The highest BCUT2D eigenvalue weighted by atomic mass is 16.5. The fourth-order valence-corrected chi connectivity index (χ4v) is 1.24. The number of benzene rings is 1. The second-order valence-corrected chi connectivity index (χ2v) is 2.78. The van der Waals surface area contributed by atoms with Gasteiger partial charge >= 0.3 is 0 Å². The van der Waals surface area contributed by atoms with E-state index in [4.69, 9.17) is 4.74 Å². The molecular formula is C9H11N3O. The largest absolute Gasteiger partial charge is 0.497 e. The molecule has 0 unspecified atom stereocenters. The van der Waals surface area contributed by atoms with Gasteiger partial charge in [-0.1, -0.05) is 5.22 Å². The molecule has 0 bridgehead atoms. The second kappa shape index (κ2) is 3.43. The SMILES string of the molecule is COc1ccc(N2CCN=N2)cc1. The summed E-state index contributed by atoms with van der Waals surface area (Å²) in [7, 11) is 1.66. The number of hydrogen-bond acceptors (Lipinski definition) is 4. The molecule has 0 radical (unpaired) electrons. The van der Waals surface area contributed by atoms with Crippen molar-refractivity contribution in [3.8, 4) is 5.75 Å². The second-order valence-electron chi connectivity index (χ2n) is 2.78. The Morgan fingerprint density at radius 3 is 2.62 bits per heavy atom. The van der Waals surface area contributed by atoms with Gasteiger partial charge in [0.15, 0.2) is 0 Å². The molecule has 1 heterocycles. The summed E-state index contributed by atoms with van der Waals surface area (Å²) in [5, 5.41) is 9.76. The van der Waals surface area contributed by atoms with E-state index < -0.39 is 0 Å². The molecular weight excluding hydrogens is 166 g/mol. The van der Waals surface area contributed by atoms with Crippen LogP contribution in [0.4, 0.5) is 5.69 Å². The van der Waals surface area contributed by atoms with E-state index in [0.717, 1.165) is 24.5 Å². The third-order valence-corrected chi connectivity index (χ3v) is 1.95. The highest BCUT2D eigenvalue weighted by Crippen LogP contribution is 2.20. The molecule has 1 aliphatic heterocycles. The molecule has 0 atom stereocenters. The van der Waals surface area contributed by atoms with Crippen LogP contribution in [0.15, 0.2) is 34.6 Å². The van der Waals surface area contributed by atoms with Gasteiger partial charge in [0, 0.05) is 0 Å². The molecule has 0 N–H and O–H groups in total. The summed E-state index contributed by atoms with van der Waals surface area (Å²) >= 11 is 0. The van der Waals surface area contributed by atoms with E-state index >= 15 is 0 Å². The molecule has 13 heavy (non-hydrogen) atoms. The minimum atomic E-state index is 0.784. The standard InChI is InChI=1S/C9H11N3O/c1-13-9-4-2-8(3-5-9)12-7-6-10-11-12/h2-5H,6-7H2,1H3. The lowest BCUT2D eigenvalue weighted by Gasteiger charge is -2.11. The number of hydrogen-bond donors (Lipinski definition) is 0. The van der Waals surface area contributed by atoms with Crippen LogP contribution in [-0.2, 0) is 0 Å². The maximum Gasteiger partial charge on any atom is 0.119 e. The molecule has 1 aromatic rings. The smallest absolute Gasteiger partial charge is 0.119 e. The zero-order valence-corrected chi connectivity index (χ0v) is 7.47. The van der Waals surface area contributed by atoms with E-state index in [2.05, 4.69) is 10.3 Å². The molecule has 0 aliphatic carbocycles. The van der Waals surface area contributed by atoms with Crippen molar-refractivity contribution in [3.63, 3.8) is 0 Å². The zero-order chi connectivity index (χ0) is 9.10. The average Bonchev–Trinajstić information content (AvgIpc) is 2.71. The third-order valence-electron chi connectivity index (χ3n) is 1.95. The van der Waals surface area contributed by atoms with Crippen LogP contribution < -0.4 is 9.75 Å². The van der Waals surface area contributed by atoms with Gasteiger partial charge in [-0.25, -0.2) is 5.01 Å². The Morgan fingerprint density at radius 2 is 2.08 bits per heavy atom.